The van der Waals surface area contributed by atoms with E-state index in [-0.39, 0.29) is 45.7 Å². The van der Waals surface area contributed by atoms with Crippen molar-refractivity contribution in [3.8, 4) is 0 Å². The lowest BCUT2D eigenvalue weighted by molar-refractivity contribution is -0.187. The first-order valence-corrected chi connectivity index (χ1v) is 13.8. The molecule has 0 aliphatic heterocycles. The first-order chi connectivity index (χ1) is 15.3. The number of aliphatic hydroxyl groups excluding tert-OH is 2. The zero-order chi connectivity index (χ0) is 24.1. The number of carbonyl (C=O) groups excluding carboxylic acids is 1. The van der Waals surface area contributed by atoms with Gasteiger partial charge in [0.1, 0.15) is 5.78 Å². The summed E-state index contributed by atoms with van der Waals surface area (Å²) < 4.78 is 0. The fourth-order valence-corrected chi connectivity index (χ4v) is 10.5. The molecule has 4 saturated carbocycles. The molecule has 5 aliphatic carbocycles. The fraction of sp³-hybridized carbons (Fsp3) is 0.900. The van der Waals surface area contributed by atoms with Crippen LogP contribution in [0, 0.1) is 50.2 Å². The van der Waals surface area contributed by atoms with Crippen molar-refractivity contribution in [1.82, 2.24) is 0 Å². The van der Waals surface area contributed by atoms with Crippen LogP contribution >= 0.6 is 0 Å². The molecule has 0 saturated heterocycles. The third-order valence-electron chi connectivity index (χ3n) is 13.1. The van der Waals surface area contributed by atoms with Gasteiger partial charge in [-0.3, -0.25) is 4.79 Å². The molecule has 0 amide bonds. The van der Waals surface area contributed by atoms with Crippen molar-refractivity contribution in [2.45, 2.75) is 106 Å². The molecule has 3 nitrogen and oxygen atoms in total. The van der Waals surface area contributed by atoms with E-state index in [1.54, 1.807) is 5.57 Å². The van der Waals surface area contributed by atoms with Gasteiger partial charge in [0.15, 0.2) is 0 Å². The maximum Gasteiger partial charge on any atom is 0.138 e. The lowest BCUT2D eigenvalue weighted by atomic mass is 9.33. The molecule has 8 atom stereocenters. The number of rotatable bonds is 2. The van der Waals surface area contributed by atoms with Crippen LogP contribution in [0.15, 0.2) is 11.6 Å². The summed E-state index contributed by atoms with van der Waals surface area (Å²) >= 11 is 0. The van der Waals surface area contributed by atoms with E-state index < -0.39 is 0 Å². The summed E-state index contributed by atoms with van der Waals surface area (Å²) in [5.41, 5.74) is 1.98. The zero-order valence-electron chi connectivity index (χ0n) is 22.1. The molecule has 0 bridgehead atoms. The summed E-state index contributed by atoms with van der Waals surface area (Å²) in [6.45, 7) is 14.9. The van der Waals surface area contributed by atoms with Gasteiger partial charge in [0, 0.05) is 30.5 Å². The van der Waals surface area contributed by atoms with Crippen molar-refractivity contribution >= 4 is 5.78 Å². The highest BCUT2D eigenvalue weighted by molar-refractivity contribution is 5.85. The number of ketones is 1. The highest BCUT2D eigenvalue weighted by atomic mass is 16.3. The summed E-state index contributed by atoms with van der Waals surface area (Å²) in [6.07, 6.45) is 13.2. The standard InChI is InChI=1S/C30H48O3/c1-25(2)22-9-12-29(6)23(27(22,4)11-10-24(25)33)8-7-20-21-17-26(3,18-31)13-15-30(21,19-32)16-14-28(20,29)5/h7,21-23,31-32H,8-19H2,1-6H3. The van der Waals surface area contributed by atoms with Crippen LogP contribution in [-0.4, -0.2) is 29.2 Å². The Bertz CT molecular complexity index is 874. The molecule has 3 heteroatoms. The first kappa shape index (κ1) is 24.0. The summed E-state index contributed by atoms with van der Waals surface area (Å²) in [5.74, 6) is 1.96. The Kier molecular flexibility index (Phi) is 5.24. The molecule has 0 aromatic heterocycles. The van der Waals surface area contributed by atoms with Gasteiger partial charge in [-0.05, 0) is 97.2 Å². The molecule has 0 aromatic rings. The van der Waals surface area contributed by atoms with E-state index in [2.05, 4.69) is 47.6 Å². The van der Waals surface area contributed by atoms with Crippen molar-refractivity contribution in [2.24, 2.45) is 50.2 Å². The molecule has 4 fully saturated rings. The van der Waals surface area contributed by atoms with Crippen molar-refractivity contribution in [2.75, 3.05) is 13.2 Å². The fourth-order valence-electron chi connectivity index (χ4n) is 10.5. The molecule has 186 valence electrons. The van der Waals surface area contributed by atoms with E-state index in [0.717, 1.165) is 51.4 Å². The van der Waals surface area contributed by atoms with Gasteiger partial charge in [-0.1, -0.05) is 53.2 Å². The molecule has 2 N–H and O–H groups in total. The van der Waals surface area contributed by atoms with Crippen LogP contribution in [0.4, 0.5) is 0 Å². The van der Waals surface area contributed by atoms with Gasteiger partial charge < -0.3 is 10.2 Å². The number of hydrogen-bond acceptors (Lipinski definition) is 3. The van der Waals surface area contributed by atoms with Gasteiger partial charge in [0.25, 0.3) is 0 Å². The second kappa shape index (κ2) is 7.19. The van der Waals surface area contributed by atoms with Crippen LogP contribution in [0.1, 0.15) is 106 Å². The van der Waals surface area contributed by atoms with Gasteiger partial charge in [-0.15, -0.1) is 0 Å². The van der Waals surface area contributed by atoms with Gasteiger partial charge in [-0.25, -0.2) is 0 Å². The second-order valence-electron chi connectivity index (χ2n) is 14.7. The van der Waals surface area contributed by atoms with E-state index >= 15 is 0 Å². The largest absolute Gasteiger partial charge is 0.396 e. The van der Waals surface area contributed by atoms with Gasteiger partial charge in [-0.2, -0.15) is 0 Å². The molecular formula is C30H48O3. The molecular weight excluding hydrogens is 408 g/mol. The number of allylic oxidation sites excluding steroid dienone is 2. The van der Waals surface area contributed by atoms with E-state index in [1.807, 2.05) is 0 Å². The Hall–Kier alpha value is -0.670. The summed E-state index contributed by atoms with van der Waals surface area (Å²) in [5, 5.41) is 20.9. The molecule has 0 heterocycles. The lowest BCUT2D eigenvalue weighted by Crippen LogP contribution is -2.64. The Labute approximate surface area is 201 Å². The highest BCUT2D eigenvalue weighted by Crippen LogP contribution is 2.75. The van der Waals surface area contributed by atoms with Crippen molar-refractivity contribution < 1.29 is 15.0 Å². The van der Waals surface area contributed by atoms with Gasteiger partial charge in [0.2, 0.25) is 0 Å². The SMILES string of the molecule is CC1(CO)CCC2(CO)CCC3(C)C(=CCC4C5(C)CCC(=O)C(C)(C)C5CCC43C)C2C1. The normalized spacial score (nSPS) is 53.3. The third kappa shape index (κ3) is 2.90. The quantitative estimate of drug-likeness (QED) is 0.478. The smallest absolute Gasteiger partial charge is 0.138 e. The number of Topliss-reactive ketones (excluding diaryl/α,β-unsaturated/α-hetero) is 1. The lowest BCUT2D eigenvalue weighted by Gasteiger charge is -2.71. The maximum atomic E-state index is 12.9. The number of carbonyl (C=O) groups is 1. The predicted octanol–water partition coefficient (Wildman–Crippen LogP) is 6.32. The van der Waals surface area contributed by atoms with Crippen molar-refractivity contribution in [3.63, 3.8) is 0 Å². The van der Waals surface area contributed by atoms with E-state index in [1.165, 1.54) is 12.8 Å². The van der Waals surface area contributed by atoms with E-state index in [9.17, 15) is 15.0 Å². The Morgan fingerprint density at radius 2 is 1.58 bits per heavy atom. The molecule has 0 aromatic carbocycles. The van der Waals surface area contributed by atoms with E-state index in [4.69, 9.17) is 0 Å². The number of aliphatic hydroxyl groups is 2. The summed E-state index contributed by atoms with van der Waals surface area (Å²) in [7, 11) is 0. The molecule has 5 rings (SSSR count). The number of hydrogen-bond donors (Lipinski definition) is 2. The van der Waals surface area contributed by atoms with Gasteiger partial charge >= 0.3 is 0 Å². The van der Waals surface area contributed by atoms with Crippen LogP contribution in [-0.2, 0) is 4.79 Å². The Morgan fingerprint density at radius 3 is 2.24 bits per heavy atom. The van der Waals surface area contributed by atoms with Crippen molar-refractivity contribution in [3.05, 3.63) is 11.6 Å². The summed E-state index contributed by atoms with van der Waals surface area (Å²) in [6, 6.07) is 0. The van der Waals surface area contributed by atoms with Crippen LogP contribution in [0.5, 0.6) is 0 Å². The molecule has 0 spiro atoms. The van der Waals surface area contributed by atoms with Crippen LogP contribution in [0.3, 0.4) is 0 Å². The maximum absolute atomic E-state index is 12.9. The van der Waals surface area contributed by atoms with Crippen LogP contribution in [0.2, 0.25) is 0 Å². The highest BCUT2D eigenvalue weighted by Gasteiger charge is 2.68. The predicted molar refractivity (Wildman–Crippen MR) is 133 cm³/mol. The Balaban J connectivity index is 1.58. The zero-order valence-corrected chi connectivity index (χ0v) is 22.1. The summed E-state index contributed by atoms with van der Waals surface area (Å²) in [4.78, 5) is 12.9. The third-order valence-corrected chi connectivity index (χ3v) is 13.1. The average molecular weight is 457 g/mol. The minimum absolute atomic E-state index is 0.00354. The molecule has 8 unspecified atom stereocenters. The molecule has 5 aliphatic rings. The topological polar surface area (TPSA) is 57.5 Å². The van der Waals surface area contributed by atoms with Crippen LogP contribution in [0.25, 0.3) is 0 Å². The number of fused-ring (bicyclic) bond motifs is 7. The van der Waals surface area contributed by atoms with Crippen LogP contribution < -0.4 is 0 Å². The van der Waals surface area contributed by atoms with Crippen molar-refractivity contribution in [1.29, 1.82) is 0 Å². The monoisotopic (exact) mass is 456 g/mol. The minimum Gasteiger partial charge on any atom is -0.396 e. The minimum atomic E-state index is -0.204. The molecule has 33 heavy (non-hydrogen) atoms. The van der Waals surface area contributed by atoms with Gasteiger partial charge in [0.05, 0.1) is 0 Å². The second-order valence-corrected chi connectivity index (χ2v) is 14.7. The average Bonchev–Trinajstić information content (AvgIpc) is 2.77. The molecule has 0 radical (unpaired) electrons. The Morgan fingerprint density at radius 1 is 0.879 bits per heavy atom. The first-order valence-electron chi connectivity index (χ1n) is 13.8. The van der Waals surface area contributed by atoms with E-state index in [0.29, 0.717) is 23.5 Å².